The maximum atomic E-state index is 12.3. The van der Waals surface area contributed by atoms with E-state index in [1.165, 1.54) is 0 Å². The van der Waals surface area contributed by atoms with Gasteiger partial charge < -0.3 is 14.5 Å². The predicted octanol–water partition coefficient (Wildman–Crippen LogP) is 4.15. The molecule has 0 atom stereocenters. The van der Waals surface area contributed by atoms with Crippen LogP contribution in [0, 0.1) is 13.8 Å². The summed E-state index contributed by atoms with van der Waals surface area (Å²) in [6.07, 6.45) is 0.297. The third-order valence-corrected chi connectivity index (χ3v) is 3.95. The number of carbonyl (C=O) groups is 1. The number of aryl methyl sites for hydroxylation is 2. The van der Waals surface area contributed by atoms with E-state index in [0.717, 1.165) is 28.3 Å². The number of oxazole rings is 1. The van der Waals surface area contributed by atoms with Crippen LogP contribution in [0.15, 0.2) is 52.9 Å². The lowest BCUT2D eigenvalue weighted by atomic mass is 10.1. The normalized spacial score (nSPS) is 10.5. The van der Waals surface area contributed by atoms with Crippen LogP contribution in [0.4, 0.5) is 5.69 Å². The van der Waals surface area contributed by atoms with Crippen LogP contribution < -0.4 is 10.1 Å². The number of benzene rings is 2. The minimum absolute atomic E-state index is 0.0814. The fraction of sp³-hybridized carbons (Fsp3) is 0.200. The van der Waals surface area contributed by atoms with E-state index in [1.807, 2.05) is 62.4 Å². The van der Waals surface area contributed by atoms with Crippen LogP contribution in [0.3, 0.4) is 0 Å². The zero-order chi connectivity index (χ0) is 17.8. The van der Waals surface area contributed by atoms with Crippen molar-refractivity contribution in [2.75, 3.05) is 12.4 Å². The number of amides is 1. The lowest BCUT2D eigenvalue weighted by Crippen LogP contribution is -2.14. The van der Waals surface area contributed by atoms with E-state index in [2.05, 4.69) is 10.3 Å². The highest BCUT2D eigenvalue weighted by Crippen LogP contribution is 2.24. The zero-order valence-corrected chi connectivity index (χ0v) is 14.5. The summed E-state index contributed by atoms with van der Waals surface area (Å²) in [6.45, 7) is 3.79. The van der Waals surface area contributed by atoms with Gasteiger partial charge in [0.25, 0.3) is 0 Å². The summed E-state index contributed by atoms with van der Waals surface area (Å²) in [6, 6.07) is 14.9. The van der Waals surface area contributed by atoms with Crippen LogP contribution >= 0.6 is 0 Å². The quantitative estimate of drug-likeness (QED) is 0.760. The standard InChI is InChI=1S/C20H20N2O3/c1-13-14(2)25-20(21-13)16-5-4-6-17(12-16)22-19(23)11-15-7-9-18(24-3)10-8-15/h4-10,12H,11H2,1-3H3,(H,22,23). The maximum Gasteiger partial charge on any atom is 0.228 e. The van der Waals surface area contributed by atoms with Crippen molar-refractivity contribution in [2.24, 2.45) is 0 Å². The van der Waals surface area contributed by atoms with Gasteiger partial charge in [0.05, 0.1) is 19.2 Å². The molecule has 0 bridgehead atoms. The van der Waals surface area contributed by atoms with Crippen molar-refractivity contribution in [1.29, 1.82) is 0 Å². The van der Waals surface area contributed by atoms with Crippen molar-refractivity contribution in [3.05, 3.63) is 65.5 Å². The smallest absolute Gasteiger partial charge is 0.228 e. The number of rotatable bonds is 5. The molecule has 1 amide bonds. The largest absolute Gasteiger partial charge is 0.497 e. The number of aromatic nitrogens is 1. The van der Waals surface area contributed by atoms with E-state index in [1.54, 1.807) is 7.11 Å². The highest BCUT2D eigenvalue weighted by Gasteiger charge is 2.10. The van der Waals surface area contributed by atoms with E-state index in [9.17, 15) is 4.79 Å². The van der Waals surface area contributed by atoms with Crippen molar-refractivity contribution >= 4 is 11.6 Å². The summed E-state index contributed by atoms with van der Waals surface area (Å²) in [7, 11) is 1.62. The van der Waals surface area contributed by atoms with Gasteiger partial charge in [0, 0.05) is 11.3 Å². The first kappa shape index (κ1) is 16.8. The van der Waals surface area contributed by atoms with Crippen molar-refractivity contribution < 1.29 is 13.9 Å². The van der Waals surface area contributed by atoms with E-state index < -0.39 is 0 Å². The molecule has 2 aromatic carbocycles. The van der Waals surface area contributed by atoms with Gasteiger partial charge in [0.2, 0.25) is 11.8 Å². The lowest BCUT2D eigenvalue weighted by Gasteiger charge is -2.07. The average Bonchev–Trinajstić information content (AvgIpc) is 2.95. The van der Waals surface area contributed by atoms with Gasteiger partial charge in [-0.15, -0.1) is 0 Å². The fourth-order valence-corrected chi connectivity index (χ4v) is 2.46. The molecule has 128 valence electrons. The van der Waals surface area contributed by atoms with Crippen molar-refractivity contribution in [2.45, 2.75) is 20.3 Å². The van der Waals surface area contributed by atoms with Crippen LogP contribution in [0.5, 0.6) is 5.75 Å². The third-order valence-electron chi connectivity index (χ3n) is 3.95. The number of hydrogen-bond acceptors (Lipinski definition) is 4. The lowest BCUT2D eigenvalue weighted by molar-refractivity contribution is -0.115. The molecular formula is C20H20N2O3. The number of nitrogens with zero attached hydrogens (tertiary/aromatic N) is 1. The van der Waals surface area contributed by atoms with Gasteiger partial charge in [-0.1, -0.05) is 18.2 Å². The Balaban J connectivity index is 1.69. The highest BCUT2D eigenvalue weighted by molar-refractivity contribution is 5.92. The molecular weight excluding hydrogens is 316 g/mol. The summed E-state index contributed by atoms with van der Waals surface area (Å²) in [5.41, 5.74) is 3.33. The molecule has 0 fully saturated rings. The fourth-order valence-electron chi connectivity index (χ4n) is 2.46. The predicted molar refractivity (Wildman–Crippen MR) is 96.7 cm³/mol. The highest BCUT2D eigenvalue weighted by atomic mass is 16.5. The molecule has 5 nitrogen and oxygen atoms in total. The van der Waals surface area contributed by atoms with Crippen LogP contribution in [-0.2, 0) is 11.2 Å². The van der Waals surface area contributed by atoms with Gasteiger partial charge in [-0.05, 0) is 49.7 Å². The van der Waals surface area contributed by atoms with Gasteiger partial charge >= 0.3 is 0 Å². The molecule has 3 rings (SSSR count). The second-order valence-corrected chi connectivity index (χ2v) is 5.81. The number of methoxy groups -OCH3 is 1. The summed E-state index contributed by atoms with van der Waals surface area (Å²) >= 11 is 0. The molecule has 1 heterocycles. The molecule has 0 saturated heterocycles. The van der Waals surface area contributed by atoms with Gasteiger partial charge in [-0.3, -0.25) is 4.79 Å². The van der Waals surface area contributed by atoms with Crippen molar-refractivity contribution in [3.8, 4) is 17.2 Å². The number of hydrogen-bond donors (Lipinski definition) is 1. The zero-order valence-electron chi connectivity index (χ0n) is 14.5. The Morgan fingerprint density at radius 2 is 1.92 bits per heavy atom. The molecule has 0 saturated carbocycles. The molecule has 5 heteroatoms. The van der Waals surface area contributed by atoms with Crippen molar-refractivity contribution in [1.82, 2.24) is 4.98 Å². The van der Waals surface area contributed by atoms with Gasteiger partial charge in [0.1, 0.15) is 11.5 Å². The number of anilines is 1. The molecule has 3 aromatic rings. The van der Waals surface area contributed by atoms with Crippen LogP contribution in [0.25, 0.3) is 11.5 Å². The molecule has 1 N–H and O–H groups in total. The minimum Gasteiger partial charge on any atom is -0.497 e. The molecule has 1 aromatic heterocycles. The monoisotopic (exact) mass is 336 g/mol. The topological polar surface area (TPSA) is 64.4 Å². The van der Waals surface area contributed by atoms with Crippen molar-refractivity contribution in [3.63, 3.8) is 0 Å². The van der Waals surface area contributed by atoms with Gasteiger partial charge in [-0.25, -0.2) is 4.98 Å². The van der Waals surface area contributed by atoms with Crippen LogP contribution in [0.1, 0.15) is 17.0 Å². The average molecular weight is 336 g/mol. The Kier molecular flexibility index (Phi) is 4.84. The Bertz CT molecular complexity index is 863. The summed E-state index contributed by atoms with van der Waals surface area (Å²) in [5, 5.41) is 2.91. The van der Waals surface area contributed by atoms with Crippen LogP contribution in [-0.4, -0.2) is 18.0 Å². The summed E-state index contributed by atoms with van der Waals surface area (Å²) in [5.74, 6) is 2.04. The number of nitrogens with one attached hydrogen (secondary N) is 1. The van der Waals surface area contributed by atoms with E-state index in [4.69, 9.17) is 9.15 Å². The Morgan fingerprint density at radius 1 is 1.16 bits per heavy atom. The number of carbonyl (C=O) groups excluding carboxylic acids is 1. The first-order valence-corrected chi connectivity index (χ1v) is 8.02. The third kappa shape index (κ3) is 4.07. The van der Waals surface area contributed by atoms with Gasteiger partial charge in [-0.2, -0.15) is 0 Å². The SMILES string of the molecule is COc1ccc(CC(=O)Nc2cccc(-c3nc(C)c(C)o3)c2)cc1. The van der Waals surface area contributed by atoms with E-state index in [0.29, 0.717) is 18.0 Å². The molecule has 0 unspecified atom stereocenters. The first-order chi connectivity index (χ1) is 12.0. The molecule has 0 spiro atoms. The Labute approximate surface area is 146 Å². The summed E-state index contributed by atoms with van der Waals surface area (Å²) in [4.78, 5) is 16.7. The molecule has 0 aliphatic heterocycles. The molecule has 0 aliphatic carbocycles. The summed E-state index contributed by atoms with van der Waals surface area (Å²) < 4.78 is 10.8. The van der Waals surface area contributed by atoms with Crippen LogP contribution in [0.2, 0.25) is 0 Å². The Morgan fingerprint density at radius 3 is 2.56 bits per heavy atom. The van der Waals surface area contributed by atoms with E-state index >= 15 is 0 Å². The second-order valence-electron chi connectivity index (χ2n) is 5.81. The first-order valence-electron chi connectivity index (χ1n) is 8.02. The number of ether oxygens (including phenoxy) is 1. The van der Waals surface area contributed by atoms with E-state index in [-0.39, 0.29) is 5.91 Å². The maximum absolute atomic E-state index is 12.3. The van der Waals surface area contributed by atoms with Gasteiger partial charge in [0.15, 0.2) is 0 Å². The second kappa shape index (κ2) is 7.21. The molecule has 0 aliphatic rings. The minimum atomic E-state index is -0.0814. The molecule has 25 heavy (non-hydrogen) atoms. The Hall–Kier alpha value is -3.08. The molecule has 0 radical (unpaired) electrons.